The monoisotopic (exact) mass is 495 g/mol. The molecule has 1 heterocycles. The Labute approximate surface area is 196 Å². The molecule has 0 N–H and O–H groups in total. The van der Waals surface area contributed by atoms with E-state index in [-0.39, 0.29) is 11.5 Å². The molecule has 1 fully saturated rings. The summed E-state index contributed by atoms with van der Waals surface area (Å²) >= 11 is 0. The number of benzene rings is 3. The molecule has 0 aliphatic carbocycles. The second kappa shape index (κ2) is 10.1. The van der Waals surface area contributed by atoms with Crippen molar-refractivity contribution in [3.8, 4) is 23.0 Å². The second-order valence-corrected chi connectivity index (χ2v) is 9.46. The highest BCUT2D eigenvalue weighted by Gasteiger charge is 2.49. The Morgan fingerprint density at radius 3 is 2.24 bits per heavy atom. The van der Waals surface area contributed by atoms with Crippen LogP contribution in [0, 0.1) is 0 Å². The maximum Gasteiger partial charge on any atom is 0.534 e. The average molecular weight is 496 g/mol. The summed E-state index contributed by atoms with van der Waals surface area (Å²) in [5.74, 6) is 0.218. The lowest BCUT2D eigenvalue weighted by Gasteiger charge is -2.26. The summed E-state index contributed by atoms with van der Waals surface area (Å²) < 4.78 is 77.9. The van der Waals surface area contributed by atoms with Crippen LogP contribution in [0.5, 0.6) is 23.0 Å². The standard InChI is InChI=1S/C24H24F3NO5S/c25-24(26,27)34(29,30)33-22-13-8-18-6-2-3-7-21(18)23(22)32-20-11-9-19(10-12-20)31-17-16-28-14-4-1-5-15-28/h2-3,6-13H,1,4-5,14-17H2. The maximum atomic E-state index is 12.9. The number of halogens is 3. The first-order chi connectivity index (χ1) is 16.2. The Balaban J connectivity index is 1.51. The largest absolute Gasteiger partial charge is 0.534 e. The number of hydrogen-bond acceptors (Lipinski definition) is 6. The number of likely N-dealkylation sites (tertiary alicyclic amines) is 1. The third-order valence-electron chi connectivity index (χ3n) is 5.50. The minimum absolute atomic E-state index is 0.135. The quantitative estimate of drug-likeness (QED) is 0.294. The molecule has 0 aromatic heterocycles. The molecule has 3 aromatic rings. The van der Waals surface area contributed by atoms with Crippen LogP contribution in [0.1, 0.15) is 19.3 Å². The van der Waals surface area contributed by atoms with Gasteiger partial charge in [-0.1, -0.05) is 36.8 Å². The zero-order valence-electron chi connectivity index (χ0n) is 18.3. The van der Waals surface area contributed by atoms with Crippen molar-refractivity contribution in [1.82, 2.24) is 4.90 Å². The number of ether oxygens (including phenoxy) is 2. The topological polar surface area (TPSA) is 65.1 Å². The van der Waals surface area contributed by atoms with Gasteiger partial charge in [0.05, 0.1) is 0 Å². The Bertz CT molecular complexity index is 1220. The van der Waals surface area contributed by atoms with Crippen LogP contribution in [0.3, 0.4) is 0 Å². The van der Waals surface area contributed by atoms with Gasteiger partial charge in [-0.25, -0.2) is 0 Å². The first-order valence-electron chi connectivity index (χ1n) is 10.9. The third kappa shape index (κ3) is 5.74. The molecule has 0 bridgehead atoms. The van der Waals surface area contributed by atoms with Crippen LogP contribution in [0.15, 0.2) is 60.7 Å². The summed E-state index contributed by atoms with van der Waals surface area (Å²) in [4.78, 5) is 2.36. The summed E-state index contributed by atoms with van der Waals surface area (Å²) in [5, 5.41) is 1.05. The molecule has 4 rings (SSSR count). The predicted molar refractivity (Wildman–Crippen MR) is 122 cm³/mol. The molecule has 0 amide bonds. The van der Waals surface area contributed by atoms with Crippen LogP contribution >= 0.6 is 0 Å². The molecule has 0 unspecified atom stereocenters. The van der Waals surface area contributed by atoms with Crippen molar-refractivity contribution in [1.29, 1.82) is 0 Å². The number of alkyl halides is 3. The van der Waals surface area contributed by atoms with E-state index in [1.165, 1.54) is 25.3 Å². The van der Waals surface area contributed by atoms with Crippen LogP contribution < -0.4 is 13.7 Å². The zero-order valence-corrected chi connectivity index (χ0v) is 19.1. The van der Waals surface area contributed by atoms with Gasteiger partial charge >= 0.3 is 15.6 Å². The molecule has 1 saturated heterocycles. The van der Waals surface area contributed by atoms with Crippen molar-refractivity contribution < 1.29 is 35.2 Å². The van der Waals surface area contributed by atoms with Gasteiger partial charge in [0.15, 0.2) is 11.5 Å². The second-order valence-electron chi connectivity index (χ2n) is 7.92. The van der Waals surface area contributed by atoms with E-state index in [4.69, 9.17) is 9.47 Å². The first kappa shape index (κ1) is 24.2. The molecule has 34 heavy (non-hydrogen) atoms. The van der Waals surface area contributed by atoms with Gasteiger partial charge in [0.2, 0.25) is 0 Å². The van der Waals surface area contributed by atoms with E-state index in [1.54, 1.807) is 48.5 Å². The number of nitrogens with zero attached hydrogens (tertiary/aromatic N) is 1. The lowest BCUT2D eigenvalue weighted by Crippen LogP contribution is -2.33. The molecule has 182 valence electrons. The van der Waals surface area contributed by atoms with Crippen molar-refractivity contribution in [3.05, 3.63) is 60.7 Å². The van der Waals surface area contributed by atoms with Gasteiger partial charge in [0.1, 0.15) is 18.1 Å². The highest BCUT2D eigenvalue weighted by atomic mass is 32.2. The van der Waals surface area contributed by atoms with Crippen LogP contribution in [0.4, 0.5) is 13.2 Å². The summed E-state index contributed by atoms with van der Waals surface area (Å²) in [7, 11) is -5.86. The molecule has 1 aliphatic heterocycles. The van der Waals surface area contributed by atoms with Crippen LogP contribution in [-0.4, -0.2) is 45.1 Å². The van der Waals surface area contributed by atoms with E-state index in [0.29, 0.717) is 23.1 Å². The van der Waals surface area contributed by atoms with Gasteiger partial charge < -0.3 is 13.7 Å². The molecule has 3 aromatic carbocycles. The highest BCUT2D eigenvalue weighted by Crippen LogP contribution is 2.41. The molecule has 0 radical (unpaired) electrons. The minimum Gasteiger partial charge on any atom is -0.492 e. The summed E-state index contributed by atoms with van der Waals surface area (Å²) in [6, 6.07) is 15.9. The van der Waals surface area contributed by atoms with E-state index in [1.807, 2.05) is 0 Å². The van der Waals surface area contributed by atoms with E-state index >= 15 is 0 Å². The molecule has 1 aliphatic rings. The molecule has 6 nitrogen and oxygen atoms in total. The molecule has 0 saturated carbocycles. The fraction of sp³-hybridized carbons (Fsp3) is 0.333. The Morgan fingerprint density at radius 2 is 1.53 bits per heavy atom. The van der Waals surface area contributed by atoms with Crippen LogP contribution in [0.25, 0.3) is 10.8 Å². The SMILES string of the molecule is O=S(=O)(Oc1ccc2ccccc2c1Oc1ccc(OCCN2CCCCC2)cc1)C(F)(F)F. The summed E-state index contributed by atoms with van der Waals surface area (Å²) in [6.45, 7) is 3.53. The van der Waals surface area contributed by atoms with Gasteiger partial charge in [-0.3, -0.25) is 4.90 Å². The van der Waals surface area contributed by atoms with Crippen LogP contribution in [0.2, 0.25) is 0 Å². The zero-order chi connectivity index (χ0) is 24.2. The lowest BCUT2D eigenvalue weighted by molar-refractivity contribution is -0.0500. The van der Waals surface area contributed by atoms with Gasteiger partial charge in [-0.2, -0.15) is 21.6 Å². The number of rotatable bonds is 8. The molecule has 0 atom stereocenters. The Hall–Kier alpha value is -2.98. The van der Waals surface area contributed by atoms with Gasteiger partial charge in [-0.05, 0) is 61.6 Å². The first-order valence-corrected chi connectivity index (χ1v) is 12.3. The molecule has 0 spiro atoms. The molecular weight excluding hydrogens is 471 g/mol. The van der Waals surface area contributed by atoms with Crippen molar-refractivity contribution in [3.63, 3.8) is 0 Å². The number of piperidine rings is 1. The Kier molecular flexibility index (Phi) is 7.18. The lowest BCUT2D eigenvalue weighted by atomic mass is 10.1. The van der Waals surface area contributed by atoms with E-state index in [9.17, 15) is 21.6 Å². The van der Waals surface area contributed by atoms with Crippen LogP contribution in [-0.2, 0) is 10.1 Å². The summed E-state index contributed by atoms with van der Waals surface area (Å²) in [5.41, 5.74) is -5.57. The smallest absolute Gasteiger partial charge is 0.492 e. The van der Waals surface area contributed by atoms with Gasteiger partial charge in [0, 0.05) is 11.9 Å². The fourth-order valence-corrected chi connectivity index (χ4v) is 4.22. The minimum atomic E-state index is -5.86. The highest BCUT2D eigenvalue weighted by molar-refractivity contribution is 7.88. The van der Waals surface area contributed by atoms with E-state index in [2.05, 4.69) is 9.08 Å². The average Bonchev–Trinajstić information content (AvgIpc) is 2.81. The predicted octanol–water partition coefficient (Wildman–Crippen LogP) is 5.73. The van der Waals surface area contributed by atoms with Crippen molar-refractivity contribution in [2.24, 2.45) is 0 Å². The van der Waals surface area contributed by atoms with E-state index < -0.39 is 21.4 Å². The summed E-state index contributed by atoms with van der Waals surface area (Å²) in [6.07, 6.45) is 3.68. The molecule has 10 heteroatoms. The maximum absolute atomic E-state index is 12.9. The van der Waals surface area contributed by atoms with Crippen molar-refractivity contribution >= 4 is 20.9 Å². The fourth-order valence-electron chi connectivity index (χ4n) is 3.76. The normalized spacial score (nSPS) is 15.3. The number of fused-ring (bicyclic) bond motifs is 1. The third-order valence-corrected chi connectivity index (χ3v) is 6.46. The van der Waals surface area contributed by atoms with E-state index in [0.717, 1.165) is 25.7 Å². The van der Waals surface area contributed by atoms with Crippen molar-refractivity contribution in [2.45, 2.75) is 24.8 Å². The number of hydrogen-bond donors (Lipinski definition) is 0. The van der Waals surface area contributed by atoms with Crippen molar-refractivity contribution in [2.75, 3.05) is 26.2 Å². The van der Waals surface area contributed by atoms with Gasteiger partial charge in [0.25, 0.3) is 0 Å². The van der Waals surface area contributed by atoms with Gasteiger partial charge in [-0.15, -0.1) is 0 Å². The Morgan fingerprint density at radius 1 is 0.853 bits per heavy atom. The molecular formula is C24H24F3NO5S.